The summed E-state index contributed by atoms with van der Waals surface area (Å²) in [7, 11) is 0. The first-order valence-electron chi connectivity index (χ1n) is 8.47. The summed E-state index contributed by atoms with van der Waals surface area (Å²) in [5, 5.41) is 3.12. The molecule has 0 aromatic heterocycles. The van der Waals surface area contributed by atoms with E-state index in [2.05, 4.69) is 22.7 Å². The largest absolute Gasteiger partial charge is 0.490 e. The minimum atomic E-state index is -0.400. The van der Waals surface area contributed by atoms with Gasteiger partial charge in [0.25, 0.3) is 5.91 Å². The Bertz CT molecular complexity index is 856. The molecule has 0 aliphatic heterocycles. The first-order valence-corrected chi connectivity index (χ1v) is 9.25. The van der Waals surface area contributed by atoms with Gasteiger partial charge in [0, 0.05) is 17.0 Å². The molecule has 0 heterocycles. The van der Waals surface area contributed by atoms with Crippen LogP contribution in [-0.4, -0.2) is 23.5 Å². The van der Waals surface area contributed by atoms with Gasteiger partial charge in [0.2, 0.25) is 5.91 Å². The number of ether oxygens (including phenoxy) is 1. The Morgan fingerprint density at radius 3 is 2.50 bits per heavy atom. The Kier molecular flexibility index (Phi) is 8.45. The number of amides is 2. The smallest absolute Gasteiger partial charge is 0.269 e. The van der Waals surface area contributed by atoms with Crippen molar-refractivity contribution in [3.05, 3.63) is 77.3 Å². The molecule has 0 spiro atoms. The summed E-state index contributed by atoms with van der Waals surface area (Å²) < 4.78 is 5.35. The van der Waals surface area contributed by atoms with E-state index in [0.717, 1.165) is 5.56 Å². The van der Waals surface area contributed by atoms with Crippen molar-refractivity contribution in [1.82, 2.24) is 16.2 Å². The number of hydrogen-bond donors (Lipinski definition) is 3. The van der Waals surface area contributed by atoms with E-state index >= 15 is 0 Å². The molecule has 0 aliphatic carbocycles. The van der Waals surface area contributed by atoms with Gasteiger partial charge in [0.15, 0.2) is 5.11 Å². The van der Waals surface area contributed by atoms with Crippen LogP contribution in [0.2, 0.25) is 5.02 Å². The molecule has 0 radical (unpaired) electrons. The number of nitrogens with one attached hydrogen (secondary N) is 3. The third-order valence-electron chi connectivity index (χ3n) is 3.61. The second kappa shape index (κ2) is 11.1. The van der Waals surface area contributed by atoms with Gasteiger partial charge >= 0.3 is 0 Å². The second-order valence-corrected chi connectivity index (χ2v) is 6.49. The van der Waals surface area contributed by atoms with E-state index in [0.29, 0.717) is 29.4 Å². The summed E-state index contributed by atoms with van der Waals surface area (Å²) in [4.78, 5) is 24.1. The summed E-state index contributed by atoms with van der Waals surface area (Å²) in [6.45, 7) is 3.95. The van der Waals surface area contributed by atoms with Gasteiger partial charge in [-0.3, -0.25) is 20.4 Å². The SMILES string of the molecule is C=CCOc1ccc(C(=O)NNC(=S)NC(=O)CCc2ccccc2Cl)cc1. The minimum Gasteiger partial charge on any atom is -0.490 e. The van der Waals surface area contributed by atoms with Gasteiger partial charge in [0.05, 0.1) is 0 Å². The maximum Gasteiger partial charge on any atom is 0.269 e. The second-order valence-electron chi connectivity index (χ2n) is 5.67. The Morgan fingerprint density at radius 1 is 1.11 bits per heavy atom. The number of hydrazine groups is 1. The van der Waals surface area contributed by atoms with Crippen LogP contribution in [0.5, 0.6) is 5.75 Å². The van der Waals surface area contributed by atoms with Gasteiger partial charge < -0.3 is 10.1 Å². The number of hydrogen-bond acceptors (Lipinski definition) is 4. The molecule has 0 unspecified atom stereocenters. The molecule has 0 fully saturated rings. The van der Waals surface area contributed by atoms with Crippen molar-refractivity contribution in [2.75, 3.05) is 6.61 Å². The maximum atomic E-state index is 12.1. The highest BCUT2D eigenvalue weighted by Crippen LogP contribution is 2.16. The molecule has 2 rings (SSSR count). The van der Waals surface area contributed by atoms with Crippen LogP contribution in [0.25, 0.3) is 0 Å². The molecule has 0 saturated carbocycles. The molecule has 2 amide bonds. The molecule has 2 aromatic carbocycles. The predicted molar refractivity (Wildman–Crippen MR) is 113 cm³/mol. The van der Waals surface area contributed by atoms with E-state index in [1.165, 1.54) is 0 Å². The third-order valence-corrected chi connectivity index (χ3v) is 4.18. The van der Waals surface area contributed by atoms with Gasteiger partial charge in [-0.25, -0.2) is 0 Å². The minimum absolute atomic E-state index is 0.00319. The van der Waals surface area contributed by atoms with Gasteiger partial charge in [-0.1, -0.05) is 42.5 Å². The maximum absolute atomic E-state index is 12.1. The predicted octanol–water partition coefficient (Wildman–Crippen LogP) is 3.17. The fourth-order valence-electron chi connectivity index (χ4n) is 2.21. The van der Waals surface area contributed by atoms with Crippen molar-refractivity contribution in [2.24, 2.45) is 0 Å². The normalized spacial score (nSPS) is 9.89. The van der Waals surface area contributed by atoms with Gasteiger partial charge in [-0.05, 0) is 54.5 Å². The Balaban J connectivity index is 1.73. The van der Waals surface area contributed by atoms with E-state index in [9.17, 15) is 9.59 Å². The van der Waals surface area contributed by atoms with Crippen LogP contribution in [-0.2, 0) is 11.2 Å². The molecule has 0 aliphatic rings. The molecule has 28 heavy (non-hydrogen) atoms. The Labute approximate surface area is 173 Å². The number of aryl methyl sites for hydroxylation is 1. The van der Waals surface area contributed by atoms with E-state index in [1.54, 1.807) is 36.4 Å². The molecule has 146 valence electrons. The average molecular weight is 418 g/mol. The van der Waals surface area contributed by atoms with E-state index in [1.807, 2.05) is 18.2 Å². The van der Waals surface area contributed by atoms with Crippen molar-refractivity contribution >= 4 is 40.7 Å². The molecule has 0 bridgehead atoms. The van der Waals surface area contributed by atoms with Crippen molar-refractivity contribution in [1.29, 1.82) is 0 Å². The summed E-state index contributed by atoms with van der Waals surface area (Å²) in [6, 6.07) is 13.9. The molecule has 2 aromatic rings. The lowest BCUT2D eigenvalue weighted by molar-refractivity contribution is -0.119. The van der Waals surface area contributed by atoms with Crippen molar-refractivity contribution in [3.63, 3.8) is 0 Å². The fraction of sp³-hybridized carbons (Fsp3) is 0.150. The number of halogens is 1. The lowest BCUT2D eigenvalue weighted by Gasteiger charge is -2.11. The van der Waals surface area contributed by atoms with Crippen LogP contribution in [0.1, 0.15) is 22.3 Å². The summed E-state index contributed by atoms with van der Waals surface area (Å²) in [5.41, 5.74) is 6.22. The van der Waals surface area contributed by atoms with Crippen molar-refractivity contribution in [3.8, 4) is 5.75 Å². The van der Waals surface area contributed by atoms with Crippen LogP contribution in [0.15, 0.2) is 61.2 Å². The molecule has 0 atom stereocenters. The van der Waals surface area contributed by atoms with Gasteiger partial charge in [-0.2, -0.15) is 0 Å². The van der Waals surface area contributed by atoms with Crippen LogP contribution in [0.4, 0.5) is 0 Å². The molecule has 0 saturated heterocycles. The van der Waals surface area contributed by atoms with Crippen LogP contribution in [0.3, 0.4) is 0 Å². The first kappa shape index (κ1) is 21.4. The molecule has 6 nitrogen and oxygen atoms in total. The van der Waals surface area contributed by atoms with Crippen molar-refractivity contribution < 1.29 is 14.3 Å². The first-order chi connectivity index (χ1) is 13.5. The summed E-state index contributed by atoms with van der Waals surface area (Å²) in [6.07, 6.45) is 2.33. The van der Waals surface area contributed by atoms with Crippen LogP contribution >= 0.6 is 23.8 Å². The third kappa shape index (κ3) is 7.02. The zero-order valence-electron chi connectivity index (χ0n) is 15.0. The zero-order chi connectivity index (χ0) is 20.4. The highest BCUT2D eigenvalue weighted by atomic mass is 35.5. The van der Waals surface area contributed by atoms with E-state index < -0.39 is 5.91 Å². The molecular formula is C20H20ClN3O3S. The number of benzene rings is 2. The standard InChI is InChI=1S/C20H20ClN3O3S/c1-2-13-27-16-10-7-15(8-11-16)19(26)23-24-20(28)22-18(25)12-9-14-5-3-4-6-17(14)21/h2-8,10-11H,1,9,12-13H2,(H,23,26)(H2,22,24,25,28). The lowest BCUT2D eigenvalue weighted by Crippen LogP contribution is -2.48. The van der Waals surface area contributed by atoms with E-state index in [-0.39, 0.29) is 17.4 Å². The number of carbonyl (C=O) groups excluding carboxylic acids is 2. The molecule has 3 N–H and O–H groups in total. The molecule has 8 heteroatoms. The Morgan fingerprint density at radius 2 is 1.82 bits per heavy atom. The number of thiocarbonyl (C=S) groups is 1. The fourth-order valence-corrected chi connectivity index (χ4v) is 2.61. The molecular weight excluding hydrogens is 398 g/mol. The van der Waals surface area contributed by atoms with Gasteiger partial charge in [-0.15, -0.1) is 0 Å². The Hall–Kier alpha value is -2.90. The zero-order valence-corrected chi connectivity index (χ0v) is 16.6. The topological polar surface area (TPSA) is 79.5 Å². The summed E-state index contributed by atoms with van der Waals surface area (Å²) in [5.74, 6) is -0.0518. The lowest BCUT2D eigenvalue weighted by atomic mass is 10.1. The van der Waals surface area contributed by atoms with Crippen LogP contribution < -0.4 is 20.9 Å². The highest BCUT2D eigenvalue weighted by Gasteiger charge is 2.09. The quantitative estimate of drug-likeness (QED) is 0.366. The number of carbonyl (C=O) groups is 2. The highest BCUT2D eigenvalue weighted by molar-refractivity contribution is 7.80. The van der Waals surface area contributed by atoms with Crippen LogP contribution in [0, 0.1) is 0 Å². The summed E-state index contributed by atoms with van der Waals surface area (Å²) >= 11 is 11.1. The number of rotatable bonds is 7. The average Bonchev–Trinajstić information content (AvgIpc) is 2.70. The monoisotopic (exact) mass is 417 g/mol. The van der Waals surface area contributed by atoms with Crippen molar-refractivity contribution in [2.45, 2.75) is 12.8 Å². The van der Waals surface area contributed by atoms with E-state index in [4.69, 9.17) is 28.6 Å². The van der Waals surface area contributed by atoms with Gasteiger partial charge in [0.1, 0.15) is 12.4 Å².